The summed E-state index contributed by atoms with van der Waals surface area (Å²) in [6.07, 6.45) is 5.07. The number of halogens is 1. The molecule has 0 unspecified atom stereocenters. The third-order valence-corrected chi connectivity index (χ3v) is 2.64. The molecule has 0 aliphatic heterocycles. The molecule has 4 nitrogen and oxygen atoms in total. The molecule has 0 aliphatic carbocycles. The number of benzene rings is 1. The van der Waals surface area contributed by atoms with Gasteiger partial charge in [0.25, 0.3) is 0 Å². The first-order valence-corrected chi connectivity index (χ1v) is 6.66. The monoisotopic (exact) mass is 292 g/mol. The van der Waals surface area contributed by atoms with Crippen molar-refractivity contribution in [2.24, 2.45) is 0 Å². The van der Waals surface area contributed by atoms with Crippen LogP contribution in [0.1, 0.15) is 12.5 Å². The van der Waals surface area contributed by atoms with Crippen LogP contribution in [-0.2, 0) is 4.74 Å². The van der Waals surface area contributed by atoms with Gasteiger partial charge in [0.15, 0.2) is 6.21 Å². The predicted molar refractivity (Wildman–Crippen MR) is 80.0 cm³/mol. The average Bonchev–Trinajstić information content (AvgIpc) is 2.40. The van der Waals surface area contributed by atoms with Gasteiger partial charge >= 0.3 is 0 Å². The lowest BCUT2D eigenvalue weighted by molar-refractivity contribution is -0.458. The molecule has 114 valence electrons. The fraction of sp³-hybridized carbons (Fsp3) is 0.312. The Morgan fingerprint density at radius 3 is 2.48 bits per heavy atom. The van der Waals surface area contributed by atoms with Gasteiger partial charge in [0.2, 0.25) is 0 Å². The third-order valence-electron chi connectivity index (χ3n) is 2.64. The van der Waals surface area contributed by atoms with Gasteiger partial charge in [0, 0.05) is 19.3 Å². The van der Waals surface area contributed by atoms with Gasteiger partial charge in [0.05, 0.1) is 11.6 Å². The van der Waals surface area contributed by atoms with Crippen molar-refractivity contribution in [3.05, 3.63) is 53.9 Å². The molecule has 1 aromatic rings. The highest BCUT2D eigenvalue weighted by molar-refractivity contribution is 5.81. The zero-order valence-electron chi connectivity index (χ0n) is 12.8. The highest BCUT2D eigenvalue weighted by Crippen LogP contribution is 2.18. The summed E-state index contributed by atoms with van der Waals surface area (Å²) in [6.45, 7) is 2.07. The Hall–Kier alpha value is -2.30. The standard InChI is InChI=1S/C16H21FN2O2/c1-5-21-16(20)12-19(4)15(10-11-18(2)3)13-6-8-14(17)9-7-13/h6-12H,5H2,1-4H3/b16-12+. The molecule has 5 heteroatoms. The summed E-state index contributed by atoms with van der Waals surface area (Å²) in [6, 6.07) is 6.11. The normalized spacial score (nSPS) is 12.0. The zero-order valence-corrected chi connectivity index (χ0v) is 12.8. The molecular formula is C16H21FN2O2. The predicted octanol–water partition coefficient (Wildman–Crippen LogP) is 1.64. The molecule has 1 rings (SSSR count). The summed E-state index contributed by atoms with van der Waals surface area (Å²) in [5, 5.41) is 11.6. The Morgan fingerprint density at radius 1 is 1.33 bits per heavy atom. The van der Waals surface area contributed by atoms with Gasteiger partial charge in [-0.3, -0.25) is 0 Å². The Kier molecular flexibility index (Phi) is 6.46. The summed E-state index contributed by atoms with van der Waals surface area (Å²) < 4.78 is 19.8. The van der Waals surface area contributed by atoms with E-state index in [9.17, 15) is 9.50 Å². The molecule has 0 fully saturated rings. The van der Waals surface area contributed by atoms with Crippen LogP contribution in [0.4, 0.5) is 4.39 Å². The van der Waals surface area contributed by atoms with Crippen LogP contribution in [0, 0.1) is 5.82 Å². The molecule has 0 spiro atoms. The number of ether oxygens (including phenoxy) is 1. The van der Waals surface area contributed by atoms with Crippen molar-refractivity contribution in [2.45, 2.75) is 6.92 Å². The molecule has 1 aromatic carbocycles. The van der Waals surface area contributed by atoms with Crippen LogP contribution in [0.5, 0.6) is 0 Å². The van der Waals surface area contributed by atoms with E-state index in [-0.39, 0.29) is 5.82 Å². The van der Waals surface area contributed by atoms with Gasteiger partial charge in [-0.25, -0.2) is 8.97 Å². The SMILES string of the molecule is CCO/C([O-])=C/N(C)/C(=C\C=[N+](C)C)c1ccc(F)cc1. The van der Waals surface area contributed by atoms with Crippen molar-refractivity contribution in [1.29, 1.82) is 0 Å². The summed E-state index contributed by atoms with van der Waals surface area (Å²) >= 11 is 0. The van der Waals surface area contributed by atoms with E-state index in [1.165, 1.54) is 18.3 Å². The first-order chi connectivity index (χ1) is 9.93. The maximum atomic E-state index is 13.0. The number of allylic oxidation sites excluding steroid dienone is 1. The van der Waals surface area contributed by atoms with E-state index in [1.807, 2.05) is 31.0 Å². The number of nitrogens with zero attached hydrogens (tertiary/aromatic N) is 2. The molecule has 0 N–H and O–H groups in total. The van der Waals surface area contributed by atoms with Crippen LogP contribution in [0.15, 0.2) is 42.5 Å². The zero-order chi connectivity index (χ0) is 15.8. The smallest absolute Gasteiger partial charge is 0.165 e. The maximum absolute atomic E-state index is 13.0. The molecule has 0 amide bonds. The van der Waals surface area contributed by atoms with E-state index in [0.29, 0.717) is 6.61 Å². The summed E-state index contributed by atoms with van der Waals surface area (Å²) in [7, 11) is 5.54. The summed E-state index contributed by atoms with van der Waals surface area (Å²) in [4.78, 5) is 1.66. The lowest BCUT2D eigenvalue weighted by Crippen LogP contribution is -2.17. The molecule has 21 heavy (non-hydrogen) atoms. The van der Waals surface area contributed by atoms with Gasteiger partial charge in [-0.15, -0.1) is 0 Å². The molecule has 0 saturated heterocycles. The molecule has 0 aromatic heterocycles. The Morgan fingerprint density at radius 2 is 1.95 bits per heavy atom. The number of hydrogen-bond acceptors (Lipinski definition) is 3. The average molecular weight is 292 g/mol. The first kappa shape index (κ1) is 16.8. The van der Waals surface area contributed by atoms with Gasteiger partial charge < -0.3 is 14.7 Å². The minimum absolute atomic E-state index is 0.299. The van der Waals surface area contributed by atoms with Crippen LogP contribution in [0.2, 0.25) is 0 Å². The van der Waals surface area contributed by atoms with E-state index in [1.54, 1.807) is 31.0 Å². The highest BCUT2D eigenvalue weighted by atomic mass is 19.1. The largest absolute Gasteiger partial charge is 0.613 e. The Bertz CT molecular complexity index is 544. The molecule has 0 heterocycles. The summed E-state index contributed by atoms with van der Waals surface area (Å²) in [5.74, 6) is -0.718. The molecule has 0 atom stereocenters. The lowest BCUT2D eigenvalue weighted by Gasteiger charge is -2.22. The quantitative estimate of drug-likeness (QED) is 0.454. The number of rotatable bonds is 6. The summed E-state index contributed by atoms with van der Waals surface area (Å²) in [5.41, 5.74) is 1.56. The van der Waals surface area contributed by atoms with Crippen molar-refractivity contribution >= 4 is 11.9 Å². The van der Waals surface area contributed by atoms with Gasteiger partial charge in [-0.2, -0.15) is 0 Å². The van der Waals surface area contributed by atoms with Crippen LogP contribution < -0.4 is 5.11 Å². The van der Waals surface area contributed by atoms with Crippen molar-refractivity contribution in [3.63, 3.8) is 0 Å². The fourth-order valence-corrected chi connectivity index (χ4v) is 1.66. The fourth-order valence-electron chi connectivity index (χ4n) is 1.66. The van der Waals surface area contributed by atoms with Crippen molar-refractivity contribution in [1.82, 2.24) is 4.90 Å². The van der Waals surface area contributed by atoms with Crippen molar-refractivity contribution in [2.75, 3.05) is 27.7 Å². The van der Waals surface area contributed by atoms with Gasteiger partial charge in [-0.1, -0.05) is 6.92 Å². The minimum atomic E-state index is -0.419. The van der Waals surface area contributed by atoms with Crippen molar-refractivity contribution < 1.29 is 18.8 Å². The molecular weight excluding hydrogens is 271 g/mol. The second kappa shape index (κ2) is 8.09. The second-order valence-electron chi connectivity index (χ2n) is 4.66. The number of hydrogen-bond donors (Lipinski definition) is 0. The molecule has 0 aliphatic rings. The van der Waals surface area contributed by atoms with Crippen LogP contribution in [0.3, 0.4) is 0 Å². The Balaban J connectivity index is 3.14. The highest BCUT2D eigenvalue weighted by Gasteiger charge is 2.06. The second-order valence-corrected chi connectivity index (χ2v) is 4.66. The van der Waals surface area contributed by atoms with Gasteiger partial charge in [-0.05, 0) is 36.4 Å². The molecule has 0 bridgehead atoms. The van der Waals surface area contributed by atoms with E-state index >= 15 is 0 Å². The minimum Gasteiger partial charge on any atom is -0.613 e. The Labute approximate surface area is 125 Å². The van der Waals surface area contributed by atoms with Crippen LogP contribution >= 0.6 is 0 Å². The van der Waals surface area contributed by atoms with Crippen LogP contribution in [-0.4, -0.2) is 43.4 Å². The maximum Gasteiger partial charge on any atom is 0.165 e. The topological polar surface area (TPSA) is 38.5 Å². The van der Waals surface area contributed by atoms with Crippen LogP contribution in [0.25, 0.3) is 5.70 Å². The third kappa shape index (κ3) is 5.69. The molecule has 0 radical (unpaired) electrons. The lowest BCUT2D eigenvalue weighted by atomic mass is 10.1. The van der Waals surface area contributed by atoms with E-state index < -0.39 is 5.95 Å². The van der Waals surface area contributed by atoms with Crippen molar-refractivity contribution in [3.8, 4) is 0 Å². The van der Waals surface area contributed by atoms with E-state index in [2.05, 4.69) is 0 Å². The molecule has 0 saturated carbocycles. The first-order valence-electron chi connectivity index (χ1n) is 6.66. The van der Waals surface area contributed by atoms with E-state index in [4.69, 9.17) is 4.74 Å². The van der Waals surface area contributed by atoms with E-state index in [0.717, 1.165) is 11.3 Å². The van der Waals surface area contributed by atoms with Gasteiger partial charge in [0.1, 0.15) is 19.9 Å².